The lowest BCUT2D eigenvalue weighted by Gasteiger charge is -2.32. The van der Waals surface area contributed by atoms with Crippen molar-refractivity contribution in [2.24, 2.45) is 10.9 Å². The fourth-order valence-corrected chi connectivity index (χ4v) is 6.59. The summed E-state index contributed by atoms with van der Waals surface area (Å²) in [5.74, 6) is 9.64. The number of thioether (sulfide) groups is 1. The summed E-state index contributed by atoms with van der Waals surface area (Å²) in [4.78, 5) is 22.3. The third kappa shape index (κ3) is 6.09. The third-order valence-electron chi connectivity index (χ3n) is 8.42. The fourth-order valence-electron chi connectivity index (χ4n) is 5.74. The number of hydrogen-bond acceptors (Lipinski definition) is 11. The van der Waals surface area contributed by atoms with Crippen LogP contribution in [0.3, 0.4) is 0 Å². The summed E-state index contributed by atoms with van der Waals surface area (Å²) in [6, 6.07) is 18.5. The Morgan fingerprint density at radius 1 is 1.06 bits per heavy atom. The Balaban J connectivity index is 1.17. The number of ether oxygens (including phenoxy) is 2. The van der Waals surface area contributed by atoms with E-state index in [1.807, 2.05) is 41.4 Å². The second kappa shape index (κ2) is 13.6. The molecule has 0 bridgehead atoms. The summed E-state index contributed by atoms with van der Waals surface area (Å²) >= 11 is 1.75. The van der Waals surface area contributed by atoms with Gasteiger partial charge in [-0.15, -0.1) is 11.8 Å². The van der Waals surface area contributed by atoms with Crippen LogP contribution in [0.2, 0.25) is 0 Å². The van der Waals surface area contributed by atoms with Crippen LogP contribution in [0, 0.1) is 0 Å². The van der Waals surface area contributed by atoms with Gasteiger partial charge in [-0.3, -0.25) is 9.55 Å². The Kier molecular flexibility index (Phi) is 8.80. The lowest BCUT2D eigenvalue weighted by atomic mass is 10.1. The molecule has 3 N–H and O–H groups in total. The molecule has 1 aliphatic rings. The van der Waals surface area contributed by atoms with Crippen molar-refractivity contribution in [3.8, 4) is 17.2 Å². The second-order valence-electron chi connectivity index (χ2n) is 11.3. The molecule has 11 nitrogen and oxygen atoms in total. The summed E-state index contributed by atoms with van der Waals surface area (Å²) in [6.07, 6.45) is 10.1. The molecule has 0 aliphatic carbocycles. The third-order valence-corrected chi connectivity index (χ3v) is 9.49. The highest BCUT2D eigenvalue weighted by Crippen LogP contribution is 2.32. The lowest BCUT2D eigenvalue weighted by molar-refractivity contribution is 0.391. The molecule has 0 spiro atoms. The highest BCUT2D eigenvalue weighted by atomic mass is 32.2. The molecule has 1 fully saturated rings. The first kappa shape index (κ1) is 31.0. The first-order chi connectivity index (χ1) is 23.6. The van der Waals surface area contributed by atoms with Gasteiger partial charge in [0.2, 0.25) is 0 Å². The molecule has 0 atom stereocenters. The molecule has 48 heavy (non-hydrogen) atoms. The van der Waals surface area contributed by atoms with Gasteiger partial charge in [-0.1, -0.05) is 12.6 Å². The number of anilines is 2. The van der Waals surface area contributed by atoms with Gasteiger partial charge in [0.25, 0.3) is 0 Å². The van der Waals surface area contributed by atoms with Crippen LogP contribution in [0.1, 0.15) is 23.1 Å². The number of nitrogens with two attached hydrogens (primary N) is 1. The highest BCUT2D eigenvalue weighted by molar-refractivity contribution is 7.98. The van der Waals surface area contributed by atoms with Gasteiger partial charge in [0, 0.05) is 65.3 Å². The van der Waals surface area contributed by atoms with E-state index in [0.29, 0.717) is 35.2 Å². The number of benzene rings is 2. The molecule has 0 saturated carbocycles. The van der Waals surface area contributed by atoms with Crippen LogP contribution >= 0.6 is 11.8 Å². The van der Waals surface area contributed by atoms with Crippen molar-refractivity contribution >= 4 is 51.0 Å². The summed E-state index contributed by atoms with van der Waals surface area (Å²) in [6.45, 7) is 6.53. The Hall–Kier alpha value is -5.62. The maximum atomic E-state index is 5.82. The molecule has 0 unspecified atom stereocenters. The Labute approximate surface area is 282 Å². The monoisotopic (exact) mass is 657 g/mol. The summed E-state index contributed by atoms with van der Waals surface area (Å²) in [7, 11) is 3.26. The molecule has 6 aromatic rings. The Bertz CT molecular complexity index is 2160. The molecule has 12 heteroatoms. The van der Waals surface area contributed by atoms with Gasteiger partial charge in [0.15, 0.2) is 5.65 Å². The van der Waals surface area contributed by atoms with E-state index < -0.39 is 0 Å². The van der Waals surface area contributed by atoms with Crippen LogP contribution in [0.25, 0.3) is 27.6 Å². The minimum atomic E-state index is 0.450. The van der Waals surface area contributed by atoms with E-state index >= 15 is 0 Å². The van der Waals surface area contributed by atoms with Crippen LogP contribution in [0.15, 0.2) is 102 Å². The normalized spacial score (nSPS) is 13.0. The van der Waals surface area contributed by atoms with E-state index in [9.17, 15) is 0 Å². The maximum absolute atomic E-state index is 5.82. The number of hydrazone groups is 1. The summed E-state index contributed by atoms with van der Waals surface area (Å²) in [5.41, 5.74) is 5.81. The van der Waals surface area contributed by atoms with Gasteiger partial charge in [0.05, 0.1) is 42.7 Å². The van der Waals surface area contributed by atoms with Crippen molar-refractivity contribution in [2.45, 2.75) is 23.6 Å². The number of nitrogens with one attached hydrogen (secondary N) is 1. The van der Waals surface area contributed by atoms with Crippen molar-refractivity contribution in [2.75, 3.05) is 37.5 Å². The van der Waals surface area contributed by atoms with Gasteiger partial charge >= 0.3 is 0 Å². The zero-order valence-corrected chi connectivity index (χ0v) is 27.6. The molecule has 2 aromatic carbocycles. The van der Waals surface area contributed by atoms with Gasteiger partial charge in [0.1, 0.15) is 29.5 Å². The molecule has 0 radical (unpaired) electrons. The predicted octanol–water partition coefficient (Wildman–Crippen LogP) is 6.34. The van der Waals surface area contributed by atoms with Crippen molar-refractivity contribution < 1.29 is 9.47 Å². The molecular formula is C36H35N9O2S. The number of methoxy groups -OCH3 is 2. The molecular weight excluding hydrogens is 623 g/mol. The van der Waals surface area contributed by atoms with E-state index in [1.54, 1.807) is 32.1 Å². The van der Waals surface area contributed by atoms with E-state index in [-0.39, 0.29) is 0 Å². The molecule has 4 aromatic heterocycles. The number of allylic oxidation sites excluding steroid dienone is 1. The van der Waals surface area contributed by atoms with Crippen molar-refractivity contribution in [1.29, 1.82) is 0 Å². The first-order valence-electron chi connectivity index (χ1n) is 15.5. The average Bonchev–Trinajstić information content (AvgIpc) is 3.49. The molecule has 1 aliphatic heterocycles. The van der Waals surface area contributed by atoms with Gasteiger partial charge < -0.3 is 25.5 Å². The standard InChI is InChI=1S/C36H35N9O2S/c1-4-30(43-37)29-20-45(36-34(29)35(40-22-41-36)39-18-25-6-9-27(46-2)15-32(25)47-3)26-14-23(17-38-19-26)21-48-28-10-7-24-8-11-33(42-31(24)16-28)44-12-5-13-44/h4,6-11,14-17,19-20,22H,1,5,12-13,18,21,37H2,2-3H3,(H,39,40,41)/b43-30+. The Morgan fingerprint density at radius 2 is 1.94 bits per heavy atom. The number of hydrogen-bond donors (Lipinski definition) is 2. The predicted molar refractivity (Wildman–Crippen MR) is 193 cm³/mol. The average molecular weight is 658 g/mol. The zero-order chi connectivity index (χ0) is 33.0. The van der Waals surface area contributed by atoms with E-state index in [0.717, 1.165) is 68.2 Å². The summed E-state index contributed by atoms with van der Waals surface area (Å²) < 4.78 is 12.9. The smallest absolute Gasteiger partial charge is 0.150 e. The number of rotatable bonds is 12. The Morgan fingerprint density at radius 3 is 2.71 bits per heavy atom. The number of fused-ring (bicyclic) bond motifs is 2. The molecule has 0 amide bonds. The second-order valence-corrected chi connectivity index (χ2v) is 12.3. The molecule has 7 rings (SSSR count). The molecule has 5 heterocycles. The molecule has 242 valence electrons. The lowest BCUT2D eigenvalue weighted by Crippen LogP contribution is -2.37. The van der Waals surface area contributed by atoms with Crippen molar-refractivity contribution in [3.63, 3.8) is 0 Å². The zero-order valence-electron chi connectivity index (χ0n) is 26.8. The van der Waals surface area contributed by atoms with E-state index in [4.69, 9.17) is 20.3 Å². The number of aromatic nitrogens is 5. The van der Waals surface area contributed by atoms with Crippen molar-refractivity contribution in [3.05, 3.63) is 109 Å². The van der Waals surface area contributed by atoms with Crippen LogP contribution in [-0.2, 0) is 12.3 Å². The van der Waals surface area contributed by atoms with Crippen LogP contribution in [0.5, 0.6) is 11.5 Å². The minimum Gasteiger partial charge on any atom is -0.497 e. The van der Waals surface area contributed by atoms with Crippen molar-refractivity contribution in [1.82, 2.24) is 24.5 Å². The highest BCUT2D eigenvalue weighted by Gasteiger charge is 2.20. The maximum Gasteiger partial charge on any atom is 0.150 e. The molecule has 1 saturated heterocycles. The van der Waals surface area contributed by atoms with Crippen LogP contribution in [0.4, 0.5) is 11.6 Å². The number of nitrogens with zero attached hydrogens (tertiary/aromatic N) is 7. The van der Waals surface area contributed by atoms with Gasteiger partial charge in [-0.05, 0) is 60.5 Å². The summed E-state index contributed by atoms with van der Waals surface area (Å²) in [5, 5.41) is 9.37. The quantitative estimate of drug-likeness (QED) is 0.0666. The van der Waals surface area contributed by atoms with E-state index in [1.165, 1.54) is 12.7 Å². The van der Waals surface area contributed by atoms with Crippen LogP contribution in [-0.4, -0.2) is 57.5 Å². The SMILES string of the molecule is C=C/C(=N\N)c1cn(-c2cncc(CSc3ccc4ccc(N5CCC5)nc4c3)c2)c2ncnc(NCc3ccc(OC)cc3OC)c12. The van der Waals surface area contributed by atoms with Gasteiger partial charge in [-0.2, -0.15) is 5.10 Å². The van der Waals surface area contributed by atoms with Crippen LogP contribution < -0.4 is 25.5 Å². The van der Waals surface area contributed by atoms with E-state index in [2.05, 4.69) is 73.2 Å². The fraction of sp³-hybridized carbons (Fsp3) is 0.194. The largest absolute Gasteiger partial charge is 0.497 e. The minimum absolute atomic E-state index is 0.450. The number of pyridine rings is 2. The topological polar surface area (TPSA) is 129 Å². The first-order valence-corrected chi connectivity index (χ1v) is 16.5. The van der Waals surface area contributed by atoms with Gasteiger partial charge in [-0.25, -0.2) is 15.0 Å².